The standard InChI is InChI=1S/C13H17N3O4S/c1-18-7-6-14-12(17)16-13-15-10-8(19-2)4-5-9(20-3)11(10)21-13/h4-5H,6-7H2,1-3H3,(H2,14,15,16,17). The molecule has 0 aliphatic heterocycles. The Morgan fingerprint density at radius 3 is 2.62 bits per heavy atom. The maximum atomic E-state index is 11.7. The van der Waals surface area contributed by atoms with Crippen molar-refractivity contribution in [3.05, 3.63) is 12.1 Å². The molecule has 1 aromatic heterocycles. The van der Waals surface area contributed by atoms with Crippen LogP contribution in [0.3, 0.4) is 0 Å². The fourth-order valence-electron chi connectivity index (χ4n) is 1.75. The summed E-state index contributed by atoms with van der Waals surface area (Å²) in [5.41, 5.74) is 0.661. The lowest BCUT2D eigenvalue weighted by atomic mass is 10.3. The van der Waals surface area contributed by atoms with Gasteiger partial charge in [0.15, 0.2) is 5.13 Å². The molecule has 2 amide bonds. The lowest BCUT2D eigenvalue weighted by Crippen LogP contribution is -2.31. The first-order valence-corrected chi connectivity index (χ1v) is 7.06. The molecular weight excluding hydrogens is 294 g/mol. The number of benzene rings is 1. The number of hydrogen-bond donors (Lipinski definition) is 2. The summed E-state index contributed by atoms with van der Waals surface area (Å²) in [5, 5.41) is 5.82. The summed E-state index contributed by atoms with van der Waals surface area (Å²) < 4.78 is 16.2. The molecule has 0 radical (unpaired) electrons. The maximum Gasteiger partial charge on any atom is 0.321 e. The van der Waals surface area contributed by atoms with E-state index >= 15 is 0 Å². The van der Waals surface area contributed by atoms with Gasteiger partial charge in [-0.05, 0) is 12.1 Å². The normalized spacial score (nSPS) is 10.4. The summed E-state index contributed by atoms with van der Waals surface area (Å²) >= 11 is 1.33. The summed E-state index contributed by atoms with van der Waals surface area (Å²) in [5.74, 6) is 1.33. The Bertz CT molecular complexity index is 588. The zero-order chi connectivity index (χ0) is 15.2. The first-order chi connectivity index (χ1) is 10.2. The highest BCUT2D eigenvalue weighted by Gasteiger charge is 2.14. The monoisotopic (exact) mass is 311 g/mol. The molecule has 0 spiro atoms. The topological polar surface area (TPSA) is 81.7 Å². The van der Waals surface area contributed by atoms with Crippen molar-refractivity contribution in [3.63, 3.8) is 0 Å². The van der Waals surface area contributed by atoms with Crippen molar-refractivity contribution >= 4 is 32.7 Å². The number of nitrogens with one attached hydrogen (secondary N) is 2. The van der Waals surface area contributed by atoms with E-state index in [0.29, 0.717) is 35.3 Å². The molecule has 21 heavy (non-hydrogen) atoms. The molecule has 1 heterocycles. The summed E-state index contributed by atoms with van der Waals surface area (Å²) in [4.78, 5) is 16.1. The number of amides is 2. The summed E-state index contributed by atoms with van der Waals surface area (Å²) in [6.45, 7) is 0.884. The number of thiazole rings is 1. The van der Waals surface area contributed by atoms with Gasteiger partial charge >= 0.3 is 6.03 Å². The minimum absolute atomic E-state index is 0.330. The quantitative estimate of drug-likeness (QED) is 0.798. The molecule has 2 N–H and O–H groups in total. The van der Waals surface area contributed by atoms with E-state index in [0.717, 1.165) is 4.70 Å². The van der Waals surface area contributed by atoms with Crippen molar-refractivity contribution in [2.75, 3.05) is 39.8 Å². The second kappa shape index (κ2) is 7.09. The Kier molecular flexibility index (Phi) is 5.18. The zero-order valence-corrected chi connectivity index (χ0v) is 12.9. The predicted molar refractivity (Wildman–Crippen MR) is 81.6 cm³/mol. The van der Waals surface area contributed by atoms with Crippen LogP contribution in [0.5, 0.6) is 11.5 Å². The van der Waals surface area contributed by atoms with Gasteiger partial charge in [-0.25, -0.2) is 9.78 Å². The van der Waals surface area contributed by atoms with Gasteiger partial charge in [0, 0.05) is 13.7 Å². The van der Waals surface area contributed by atoms with E-state index in [9.17, 15) is 4.79 Å². The molecule has 0 saturated carbocycles. The third-order valence-electron chi connectivity index (χ3n) is 2.72. The van der Waals surface area contributed by atoms with Gasteiger partial charge in [0.05, 0.1) is 20.8 Å². The molecule has 1 aromatic carbocycles. The fourth-order valence-corrected chi connectivity index (χ4v) is 2.72. The number of rotatable bonds is 6. The average molecular weight is 311 g/mol. The third-order valence-corrected chi connectivity index (χ3v) is 3.71. The van der Waals surface area contributed by atoms with E-state index < -0.39 is 0 Å². The number of ether oxygens (including phenoxy) is 3. The molecule has 0 unspecified atom stereocenters. The fraction of sp³-hybridized carbons (Fsp3) is 0.385. The largest absolute Gasteiger partial charge is 0.495 e. The lowest BCUT2D eigenvalue weighted by molar-refractivity contribution is 0.198. The van der Waals surface area contributed by atoms with Crippen molar-refractivity contribution in [1.82, 2.24) is 10.3 Å². The van der Waals surface area contributed by atoms with Crippen LogP contribution in [-0.2, 0) is 4.74 Å². The van der Waals surface area contributed by atoms with Gasteiger partial charge in [-0.2, -0.15) is 0 Å². The SMILES string of the molecule is COCCNC(=O)Nc1nc2c(OC)ccc(OC)c2s1. The summed E-state index contributed by atoms with van der Waals surface area (Å²) in [7, 11) is 4.74. The molecule has 2 rings (SSSR count). The number of aromatic nitrogens is 1. The number of carbonyl (C=O) groups excluding carboxylic acids is 1. The van der Waals surface area contributed by atoms with Gasteiger partial charge in [0.25, 0.3) is 0 Å². The van der Waals surface area contributed by atoms with Crippen LogP contribution in [0.15, 0.2) is 12.1 Å². The molecule has 0 atom stereocenters. The Labute approximate surface area is 126 Å². The van der Waals surface area contributed by atoms with Gasteiger partial charge in [0.1, 0.15) is 21.7 Å². The van der Waals surface area contributed by atoms with Crippen LogP contribution in [0.25, 0.3) is 10.2 Å². The van der Waals surface area contributed by atoms with E-state index in [2.05, 4.69) is 15.6 Å². The number of urea groups is 1. The second-order valence-corrected chi connectivity index (χ2v) is 5.04. The van der Waals surface area contributed by atoms with Crippen molar-refractivity contribution in [2.45, 2.75) is 0 Å². The van der Waals surface area contributed by atoms with Crippen molar-refractivity contribution in [1.29, 1.82) is 0 Å². The zero-order valence-electron chi connectivity index (χ0n) is 12.1. The van der Waals surface area contributed by atoms with E-state index in [1.54, 1.807) is 27.4 Å². The maximum absolute atomic E-state index is 11.7. The van der Waals surface area contributed by atoms with Crippen LogP contribution in [0.2, 0.25) is 0 Å². The second-order valence-electron chi connectivity index (χ2n) is 4.04. The van der Waals surface area contributed by atoms with Gasteiger partial charge in [-0.3, -0.25) is 5.32 Å². The summed E-state index contributed by atoms with van der Waals surface area (Å²) in [6.07, 6.45) is 0. The van der Waals surface area contributed by atoms with Crippen LogP contribution < -0.4 is 20.1 Å². The number of anilines is 1. The molecule has 0 saturated heterocycles. The van der Waals surface area contributed by atoms with Crippen LogP contribution in [-0.4, -0.2) is 45.5 Å². The molecule has 8 heteroatoms. The minimum atomic E-state index is -0.330. The lowest BCUT2D eigenvalue weighted by Gasteiger charge is -2.03. The van der Waals surface area contributed by atoms with Crippen LogP contribution >= 0.6 is 11.3 Å². The molecule has 7 nitrogen and oxygen atoms in total. The van der Waals surface area contributed by atoms with Gasteiger partial charge in [-0.1, -0.05) is 11.3 Å². The molecule has 0 aliphatic rings. The molecule has 0 aliphatic carbocycles. The molecule has 114 valence electrons. The van der Waals surface area contributed by atoms with Crippen LogP contribution in [0.1, 0.15) is 0 Å². The third kappa shape index (κ3) is 3.53. The first kappa shape index (κ1) is 15.3. The highest BCUT2D eigenvalue weighted by Crippen LogP contribution is 2.38. The van der Waals surface area contributed by atoms with E-state index in [1.165, 1.54) is 11.3 Å². The van der Waals surface area contributed by atoms with Crippen molar-refractivity contribution in [3.8, 4) is 11.5 Å². The first-order valence-electron chi connectivity index (χ1n) is 6.25. The van der Waals surface area contributed by atoms with E-state index in [4.69, 9.17) is 14.2 Å². The molecule has 0 bridgehead atoms. The Balaban J connectivity index is 2.20. The number of methoxy groups -OCH3 is 3. The smallest absolute Gasteiger partial charge is 0.321 e. The predicted octanol–water partition coefficient (Wildman–Crippen LogP) is 2.08. The number of fused-ring (bicyclic) bond motifs is 1. The Hall–Kier alpha value is -2.06. The minimum Gasteiger partial charge on any atom is -0.495 e. The van der Waals surface area contributed by atoms with Crippen LogP contribution in [0.4, 0.5) is 9.93 Å². The average Bonchev–Trinajstić information content (AvgIpc) is 2.89. The van der Waals surface area contributed by atoms with Crippen LogP contribution in [0, 0.1) is 0 Å². The Morgan fingerprint density at radius 2 is 1.95 bits per heavy atom. The highest BCUT2D eigenvalue weighted by atomic mass is 32.1. The molecule has 0 fully saturated rings. The molecule has 2 aromatic rings. The Morgan fingerprint density at radius 1 is 1.24 bits per heavy atom. The number of nitrogens with zero attached hydrogens (tertiary/aromatic N) is 1. The number of carbonyl (C=O) groups is 1. The van der Waals surface area contributed by atoms with Crippen molar-refractivity contribution < 1.29 is 19.0 Å². The van der Waals surface area contributed by atoms with Gasteiger partial charge in [-0.15, -0.1) is 0 Å². The summed E-state index contributed by atoms with van der Waals surface area (Å²) in [6, 6.07) is 3.26. The van der Waals surface area contributed by atoms with E-state index in [-0.39, 0.29) is 6.03 Å². The van der Waals surface area contributed by atoms with Crippen molar-refractivity contribution in [2.24, 2.45) is 0 Å². The van der Waals surface area contributed by atoms with Gasteiger partial charge in [0.2, 0.25) is 0 Å². The van der Waals surface area contributed by atoms with Gasteiger partial charge < -0.3 is 19.5 Å². The molecular formula is C13H17N3O4S. The highest BCUT2D eigenvalue weighted by molar-refractivity contribution is 7.22. The number of hydrogen-bond acceptors (Lipinski definition) is 6. The van der Waals surface area contributed by atoms with E-state index in [1.807, 2.05) is 6.07 Å².